The number of carbonyl (C=O) groups is 1. The van der Waals surface area contributed by atoms with E-state index in [-0.39, 0.29) is 17.9 Å². The summed E-state index contributed by atoms with van der Waals surface area (Å²) in [5.41, 5.74) is 0.368. The molecule has 2 atom stereocenters. The molecule has 1 saturated carbocycles. The Labute approximate surface area is 139 Å². The Bertz CT molecular complexity index is 688. The van der Waals surface area contributed by atoms with Gasteiger partial charge in [0.2, 0.25) is 6.10 Å². The van der Waals surface area contributed by atoms with Crippen LogP contribution >= 0.6 is 0 Å². The summed E-state index contributed by atoms with van der Waals surface area (Å²) in [5.74, 6) is -0.548. The molecule has 3 aliphatic rings. The van der Waals surface area contributed by atoms with Crippen molar-refractivity contribution in [2.45, 2.75) is 50.7 Å². The van der Waals surface area contributed by atoms with Gasteiger partial charge >= 0.3 is 0 Å². The van der Waals surface area contributed by atoms with Gasteiger partial charge in [0, 0.05) is 24.6 Å². The molecule has 1 saturated heterocycles. The molecule has 1 aromatic rings. The van der Waals surface area contributed by atoms with Crippen LogP contribution in [0.15, 0.2) is 23.4 Å². The summed E-state index contributed by atoms with van der Waals surface area (Å²) >= 11 is 0. The molecule has 1 aromatic carbocycles. The lowest BCUT2D eigenvalue weighted by atomic mass is 9.78. The largest absolute Gasteiger partial charge is 0.382 e. The van der Waals surface area contributed by atoms with Crippen molar-refractivity contribution in [3.05, 3.63) is 35.4 Å². The smallest absolute Gasteiger partial charge is 0.267 e. The second kappa shape index (κ2) is 6.15. The van der Waals surface area contributed by atoms with Crippen LogP contribution in [0.25, 0.3) is 0 Å². The minimum atomic E-state index is -0.719. The van der Waals surface area contributed by atoms with Crippen molar-refractivity contribution in [3.63, 3.8) is 0 Å². The molecule has 0 spiro atoms. The van der Waals surface area contributed by atoms with Gasteiger partial charge in [-0.1, -0.05) is 11.6 Å². The van der Waals surface area contributed by atoms with Crippen LogP contribution in [-0.4, -0.2) is 35.2 Å². The zero-order chi connectivity index (χ0) is 16.7. The Morgan fingerprint density at radius 1 is 1.21 bits per heavy atom. The lowest BCUT2D eigenvalue weighted by Gasteiger charge is -2.37. The highest BCUT2D eigenvalue weighted by Crippen LogP contribution is 2.38. The first-order valence-corrected chi connectivity index (χ1v) is 8.62. The van der Waals surface area contributed by atoms with Crippen LogP contribution in [0.1, 0.15) is 44.1 Å². The summed E-state index contributed by atoms with van der Waals surface area (Å²) in [6.45, 7) is 0.753. The Morgan fingerprint density at radius 3 is 2.79 bits per heavy atom. The van der Waals surface area contributed by atoms with Crippen LogP contribution in [-0.2, 0) is 9.63 Å². The molecular weight excluding hydrogens is 314 g/mol. The number of likely N-dealkylation sites (tertiary alicyclic amines) is 1. The zero-order valence-corrected chi connectivity index (χ0v) is 13.4. The maximum Gasteiger partial charge on any atom is 0.267 e. The van der Waals surface area contributed by atoms with Crippen molar-refractivity contribution in [1.82, 2.24) is 4.90 Å². The SMILES string of the molecule is O=C([C@@H]1CC(c2cc(F)ccc2F)=NO1)N1CCC[C@H]1C1CCC1. The van der Waals surface area contributed by atoms with E-state index in [1.165, 1.54) is 19.3 Å². The van der Waals surface area contributed by atoms with Gasteiger partial charge in [0.25, 0.3) is 5.91 Å². The molecule has 1 aliphatic carbocycles. The van der Waals surface area contributed by atoms with E-state index in [0.29, 0.717) is 17.7 Å². The lowest BCUT2D eigenvalue weighted by molar-refractivity contribution is -0.144. The average molecular weight is 334 g/mol. The minimum Gasteiger partial charge on any atom is -0.382 e. The van der Waals surface area contributed by atoms with Crippen LogP contribution in [0.2, 0.25) is 0 Å². The van der Waals surface area contributed by atoms with Gasteiger partial charge in [0.1, 0.15) is 11.6 Å². The monoisotopic (exact) mass is 334 g/mol. The molecule has 128 valence electrons. The van der Waals surface area contributed by atoms with Gasteiger partial charge < -0.3 is 9.74 Å². The second-order valence-electron chi connectivity index (χ2n) is 6.89. The molecule has 0 N–H and O–H groups in total. The van der Waals surface area contributed by atoms with Crippen LogP contribution < -0.4 is 0 Å². The second-order valence-corrected chi connectivity index (χ2v) is 6.89. The van der Waals surface area contributed by atoms with E-state index >= 15 is 0 Å². The van der Waals surface area contributed by atoms with E-state index in [2.05, 4.69) is 5.16 Å². The molecule has 4 nitrogen and oxygen atoms in total. The molecule has 0 bridgehead atoms. The third kappa shape index (κ3) is 2.68. The fourth-order valence-electron chi connectivity index (χ4n) is 3.95. The molecule has 0 radical (unpaired) electrons. The average Bonchev–Trinajstić information content (AvgIpc) is 3.17. The quantitative estimate of drug-likeness (QED) is 0.851. The summed E-state index contributed by atoms with van der Waals surface area (Å²) in [6.07, 6.45) is 5.17. The van der Waals surface area contributed by atoms with Crippen molar-refractivity contribution in [2.24, 2.45) is 11.1 Å². The number of halogens is 2. The van der Waals surface area contributed by atoms with Crippen molar-refractivity contribution in [1.29, 1.82) is 0 Å². The Morgan fingerprint density at radius 2 is 2.04 bits per heavy atom. The Hall–Kier alpha value is -1.98. The van der Waals surface area contributed by atoms with Gasteiger partial charge in [-0.3, -0.25) is 4.79 Å². The lowest BCUT2D eigenvalue weighted by Crippen LogP contribution is -2.46. The van der Waals surface area contributed by atoms with Crippen LogP contribution in [0, 0.1) is 17.6 Å². The van der Waals surface area contributed by atoms with Gasteiger partial charge in [-0.15, -0.1) is 0 Å². The third-order valence-corrected chi connectivity index (χ3v) is 5.46. The summed E-state index contributed by atoms with van der Waals surface area (Å²) in [5, 5.41) is 3.85. The van der Waals surface area contributed by atoms with E-state index in [0.717, 1.165) is 37.6 Å². The van der Waals surface area contributed by atoms with E-state index in [1.807, 2.05) is 4.90 Å². The highest BCUT2D eigenvalue weighted by atomic mass is 19.1. The molecule has 24 heavy (non-hydrogen) atoms. The van der Waals surface area contributed by atoms with Crippen molar-refractivity contribution in [2.75, 3.05) is 6.54 Å². The minimum absolute atomic E-state index is 0.0695. The highest BCUT2D eigenvalue weighted by molar-refractivity contribution is 6.04. The number of oxime groups is 1. The predicted octanol–water partition coefficient (Wildman–Crippen LogP) is 3.25. The van der Waals surface area contributed by atoms with Gasteiger partial charge in [-0.05, 0) is 49.8 Å². The van der Waals surface area contributed by atoms with E-state index < -0.39 is 17.7 Å². The van der Waals surface area contributed by atoms with Gasteiger partial charge in [-0.25, -0.2) is 8.78 Å². The molecule has 0 unspecified atom stereocenters. The third-order valence-electron chi connectivity index (χ3n) is 5.46. The molecule has 0 aromatic heterocycles. The molecule has 4 rings (SSSR count). The highest BCUT2D eigenvalue weighted by Gasteiger charge is 2.41. The summed E-state index contributed by atoms with van der Waals surface area (Å²) in [4.78, 5) is 20.0. The van der Waals surface area contributed by atoms with E-state index in [1.54, 1.807) is 0 Å². The summed E-state index contributed by atoms with van der Waals surface area (Å²) in [7, 11) is 0. The van der Waals surface area contributed by atoms with E-state index in [9.17, 15) is 13.6 Å². The van der Waals surface area contributed by atoms with Crippen molar-refractivity contribution in [3.8, 4) is 0 Å². The molecule has 2 heterocycles. The topological polar surface area (TPSA) is 41.9 Å². The standard InChI is InChI=1S/C18H20F2N2O2/c19-12-6-7-14(20)13(9-12)15-10-17(24-21-15)18(23)22-8-2-5-16(22)11-3-1-4-11/h6-7,9,11,16-17H,1-5,8,10H2/t16-,17-/m0/s1. The van der Waals surface area contributed by atoms with Crippen LogP contribution in [0.5, 0.6) is 0 Å². The fourth-order valence-corrected chi connectivity index (χ4v) is 3.95. The fraction of sp³-hybridized carbons (Fsp3) is 0.556. The van der Waals surface area contributed by atoms with Gasteiger partial charge in [0.15, 0.2) is 0 Å². The summed E-state index contributed by atoms with van der Waals surface area (Å²) < 4.78 is 27.2. The number of hydrogen-bond donors (Lipinski definition) is 0. The first-order chi connectivity index (χ1) is 11.6. The molecule has 2 aliphatic heterocycles. The number of amides is 1. The van der Waals surface area contributed by atoms with E-state index in [4.69, 9.17) is 4.84 Å². The molecular formula is C18H20F2N2O2. The number of benzene rings is 1. The van der Waals surface area contributed by atoms with Gasteiger partial charge in [0.05, 0.1) is 5.71 Å². The normalized spacial score (nSPS) is 26.9. The first-order valence-electron chi connectivity index (χ1n) is 8.62. The van der Waals surface area contributed by atoms with Crippen LogP contribution in [0.4, 0.5) is 8.78 Å². The Kier molecular flexibility index (Phi) is 3.98. The molecule has 1 amide bonds. The van der Waals surface area contributed by atoms with Gasteiger partial charge in [-0.2, -0.15) is 0 Å². The van der Waals surface area contributed by atoms with Crippen LogP contribution in [0.3, 0.4) is 0 Å². The number of rotatable bonds is 3. The number of nitrogens with zero attached hydrogens (tertiary/aromatic N) is 2. The molecule has 6 heteroatoms. The van der Waals surface area contributed by atoms with Crippen molar-refractivity contribution >= 4 is 11.6 Å². The predicted molar refractivity (Wildman–Crippen MR) is 84.5 cm³/mol. The summed E-state index contributed by atoms with van der Waals surface area (Å²) in [6, 6.07) is 3.53. The zero-order valence-electron chi connectivity index (χ0n) is 13.4. The van der Waals surface area contributed by atoms with Crippen molar-refractivity contribution < 1.29 is 18.4 Å². The number of carbonyl (C=O) groups excluding carboxylic acids is 1. The first kappa shape index (κ1) is 15.5. The Balaban J connectivity index is 1.45. The number of hydrogen-bond acceptors (Lipinski definition) is 3. The molecule has 2 fully saturated rings. The maximum absolute atomic E-state index is 13.9. The maximum atomic E-state index is 13.9.